The predicted octanol–water partition coefficient (Wildman–Crippen LogP) is 4.20. The highest BCUT2D eigenvalue weighted by Gasteiger charge is 2.13. The van der Waals surface area contributed by atoms with Gasteiger partial charge in [-0.15, -0.1) is 0 Å². The zero-order valence-electron chi connectivity index (χ0n) is 15.7. The summed E-state index contributed by atoms with van der Waals surface area (Å²) in [6, 6.07) is 12.6. The molecule has 2 heterocycles. The third-order valence-electron chi connectivity index (χ3n) is 4.26. The van der Waals surface area contributed by atoms with Crippen molar-refractivity contribution in [2.24, 2.45) is 0 Å². The Labute approximate surface area is 169 Å². The van der Waals surface area contributed by atoms with Crippen LogP contribution in [0.1, 0.15) is 15.9 Å². The number of carbonyl (C=O) groups is 1. The fraction of sp³-hybridized carbons (Fsp3) is 0.190. The summed E-state index contributed by atoms with van der Waals surface area (Å²) in [7, 11) is 3.37. The molecule has 0 spiro atoms. The number of nitrogens with zero attached hydrogens (tertiary/aromatic N) is 3. The molecule has 3 aromatic rings. The van der Waals surface area contributed by atoms with Crippen LogP contribution < -0.4 is 10.1 Å². The average molecular weight is 397 g/mol. The molecule has 6 nitrogen and oxygen atoms in total. The fourth-order valence-electron chi connectivity index (χ4n) is 2.72. The summed E-state index contributed by atoms with van der Waals surface area (Å²) in [5, 5.41) is 3.73. The molecule has 0 atom stereocenters. The molecule has 2 aromatic heterocycles. The second-order valence-corrected chi connectivity index (χ2v) is 6.67. The Balaban J connectivity index is 1.70. The summed E-state index contributed by atoms with van der Waals surface area (Å²) in [6.45, 7) is 0.607. The molecule has 1 N–H and O–H groups in total. The first-order valence-electron chi connectivity index (χ1n) is 8.78. The van der Waals surface area contributed by atoms with Gasteiger partial charge < -0.3 is 15.0 Å². The summed E-state index contributed by atoms with van der Waals surface area (Å²) in [4.78, 5) is 22.7. The maximum absolute atomic E-state index is 12.8. The molecule has 0 bridgehead atoms. The lowest BCUT2D eigenvalue weighted by molar-refractivity contribution is 0.0796. The van der Waals surface area contributed by atoms with E-state index in [0.717, 1.165) is 12.0 Å². The Kier molecular flexibility index (Phi) is 6.45. The highest BCUT2D eigenvalue weighted by molar-refractivity contribution is 6.31. The van der Waals surface area contributed by atoms with E-state index in [2.05, 4.69) is 15.3 Å². The Morgan fingerprint density at radius 1 is 1.14 bits per heavy atom. The van der Waals surface area contributed by atoms with Gasteiger partial charge in [0.1, 0.15) is 11.6 Å². The Hall–Kier alpha value is -3.12. The maximum atomic E-state index is 12.8. The monoisotopic (exact) mass is 396 g/mol. The van der Waals surface area contributed by atoms with Crippen molar-refractivity contribution >= 4 is 29.0 Å². The first kappa shape index (κ1) is 19.6. The Morgan fingerprint density at radius 2 is 1.93 bits per heavy atom. The van der Waals surface area contributed by atoms with E-state index in [1.54, 1.807) is 68.0 Å². The minimum atomic E-state index is -0.0717. The lowest BCUT2D eigenvalue weighted by Crippen LogP contribution is -2.28. The van der Waals surface area contributed by atoms with Gasteiger partial charge in [-0.2, -0.15) is 0 Å². The van der Waals surface area contributed by atoms with Crippen LogP contribution in [0.5, 0.6) is 5.75 Å². The molecule has 3 rings (SSSR count). The topological polar surface area (TPSA) is 67.3 Å². The van der Waals surface area contributed by atoms with E-state index >= 15 is 0 Å². The van der Waals surface area contributed by atoms with Crippen molar-refractivity contribution in [3.05, 3.63) is 77.2 Å². The van der Waals surface area contributed by atoms with E-state index in [0.29, 0.717) is 34.4 Å². The normalized spacial score (nSPS) is 10.4. The summed E-state index contributed by atoms with van der Waals surface area (Å²) >= 11 is 6.07. The molecule has 0 aliphatic carbocycles. The van der Waals surface area contributed by atoms with Crippen LogP contribution in [0.3, 0.4) is 0 Å². The van der Waals surface area contributed by atoms with Crippen molar-refractivity contribution in [3.8, 4) is 5.75 Å². The van der Waals surface area contributed by atoms with E-state index in [4.69, 9.17) is 16.3 Å². The van der Waals surface area contributed by atoms with Crippen molar-refractivity contribution in [3.63, 3.8) is 0 Å². The second kappa shape index (κ2) is 9.19. The molecule has 1 amide bonds. The van der Waals surface area contributed by atoms with Gasteiger partial charge in [0, 0.05) is 42.8 Å². The number of halogens is 1. The minimum Gasteiger partial charge on any atom is -0.495 e. The van der Waals surface area contributed by atoms with E-state index in [-0.39, 0.29) is 5.91 Å². The Bertz CT molecular complexity index is 950. The number of methoxy groups -OCH3 is 1. The Morgan fingerprint density at radius 3 is 2.68 bits per heavy atom. The minimum absolute atomic E-state index is 0.0717. The van der Waals surface area contributed by atoms with Gasteiger partial charge in [-0.1, -0.05) is 11.6 Å². The van der Waals surface area contributed by atoms with Crippen LogP contribution >= 0.6 is 11.6 Å². The van der Waals surface area contributed by atoms with Gasteiger partial charge in [0.25, 0.3) is 5.91 Å². The lowest BCUT2D eigenvalue weighted by atomic mass is 10.2. The van der Waals surface area contributed by atoms with E-state index in [9.17, 15) is 4.79 Å². The zero-order valence-corrected chi connectivity index (χ0v) is 16.5. The number of benzene rings is 1. The number of anilines is 2. The van der Waals surface area contributed by atoms with Gasteiger partial charge in [0.05, 0.1) is 12.8 Å². The van der Waals surface area contributed by atoms with Gasteiger partial charge in [-0.25, -0.2) is 4.98 Å². The van der Waals surface area contributed by atoms with Crippen molar-refractivity contribution in [1.82, 2.24) is 14.9 Å². The number of nitrogens with one attached hydrogen (secondary N) is 1. The highest BCUT2D eigenvalue weighted by atomic mass is 35.5. The number of aromatic nitrogens is 2. The van der Waals surface area contributed by atoms with Crippen LogP contribution in [0.4, 0.5) is 11.5 Å². The number of pyridine rings is 2. The van der Waals surface area contributed by atoms with Crippen LogP contribution in [0, 0.1) is 0 Å². The predicted molar refractivity (Wildman–Crippen MR) is 110 cm³/mol. The third kappa shape index (κ3) is 4.98. The zero-order chi connectivity index (χ0) is 19.9. The number of amides is 1. The number of carbonyl (C=O) groups excluding carboxylic acids is 1. The first-order valence-corrected chi connectivity index (χ1v) is 9.15. The van der Waals surface area contributed by atoms with Gasteiger partial charge >= 0.3 is 0 Å². The molecular formula is C21H21ClN4O2. The molecule has 0 unspecified atom stereocenters. The second-order valence-electron chi connectivity index (χ2n) is 6.23. The molecule has 0 saturated carbocycles. The molecule has 28 heavy (non-hydrogen) atoms. The number of hydrogen-bond acceptors (Lipinski definition) is 5. The van der Waals surface area contributed by atoms with Crippen LogP contribution in [-0.2, 0) is 6.42 Å². The third-order valence-corrected chi connectivity index (χ3v) is 4.50. The SMILES string of the molecule is COc1ccc(Cl)cc1Nc1cc(C(=O)N(C)CCc2ccncc2)ccn1. The standard InChI is InChI=1S/C21H21ClN4O2/c1-26(12-8-15-5-9-23-10-6-15)21(27)16-7-11-24-20(13-16)25-18-14-17(22)3-4-19(18)28-2/h3-7,9-11,13-14H,8,12H2,1-2H3,(H,24,25). The van der Waals surface area contributed by atoms with E-state index in [1.165, 1.54) is 0 Å². The molecule has 0 aliphatic heterocycles. The van der Waals surface area contributed by atoms with Gasteiger partial charge in [-0.05, 0) is 54.4 Å². The van der Waals surface area contributed by atoms with Crippen molar-refractivity contribution in [1.29, 1.82) is 0 Å². The number of hydrogen-bond donors (Lipinski definition) is 1. The number of rotatable bonds is 7. The molecule has 1 aromatic carbocycles. The molecule has 0 radical (unpaired) electrons. The van der Waals surface area contributed by atoms with Gasteiger partial charge in [0.15, 0.2) is 0 Å². The smallest absolute Gasteiger partial charge is 0.253 e. The van der Waals surface area contributed by atoms with E-state index < -0.39 is 0 Å². The summed E-state index contributed by atoms with van der Waals surface area (Å²) in [5.41, 5.74) is 2.37. The quantitative estimate of drug-likeness (QED) is 0.648. The van der Waals surface area contributed by atoms with E-state index in [1.807, 2.05) is 12.1 Å². The van der Waals surface area contributed by atoms with Crippen LogP contribution in [0.2, 0.25) is 5.02 Å². The largest absolute Gasteiger partial charge is 0.495 e. The summed E-state index contributed by atoms with van der Waals surface area (Å²) in [6.07, 6.45) is 5.87. The highest BCUT2D eigenvalue weighted by Crippen LogP contribution is 2.30. The van der Waals surface area contributed by atoms with Crippen molar-refractivity contribution in [2.45, 2.75) is 6.42 Å². The molecule has 0 saturated heterocycles. The molecule has 144 valence electrons. The summed E-state index contributed by atoms with van der Waals surface area (Å²) in [5.74, 6) is 1.10. The summed E-state index contributed by atoms with van der Waals surface area (Å²) < 4.78 is 5.33. The number of ether oxygens (including phenoxy) is 1. The van der Waals surface area contributed by atoms with Gasteiger partial charge in [-0.3, -0.25) is 9.78 Å². The molecule has 7 heteroatoms. The van der Waals surface area contributed by atoms with Crippen molar-refractivity contribution < 1.29 is 9.53 Å². The fourth-order valence-corrected chi connectivity index (χ4v) is 2.89. The maximum Gasteiger partial charge on any atom is 0.253 e. The van der Waals surface area contributed by atoms with Crippen LogP contribution in [-0.4, -0.2) is 41.5 Å². The molecule has 0 aliphatic rings. The number of likely N-dealkylation sites (N-methyl/N-ethyl adjacent to an activating group) is 1. The van der Waals surface area contributed by atoms with Crippen LogP contribution in [0.25, 0.3) is 0 Å². The van der Waals surface area contributed by atoms with Crippen LogP contribution in [0.15, 0.2) is 61.1 Å². The van der Waals surface area contributed by atoms with Gasteiger partial charge in [0.2, 0.25) is 0 Å². The molecular weight excluding hydrogens is 376 g/mol. The first-order chi connectivity index (χ1) is 13.6. The van der Waals surface area contributed by atoms with Crippen molar-refractivity contribution in [2.75, 3.05) is 26.0 Å². The lowest BCUT2D eigenvalue weighted by Gasteiger charge is -2.18. The average Bonchev–Trinajstić information content (AvgIpc) is 2.72. The molecule has 0 fully saturated rings.